The van der Waals surface area contributed by atoms with E-state index in [0.29, 0.717) is 30.0 Å². The summed E-state index contributed by atoms with van der Waals surface area (Å²) < 4.78 is 5.58. The Bertz CT molecular complexity index is 589. The lowest BCUT2D eigenvalue weighted by Crippen LogP contribution is -2.34. The van der Waals surface area contributed by atoms with Crippen LogP contribution in [0.1, 0.15) is 36.2 Å². The fraction of sp³-hybridized carbons (Fsp3) is 0.471. The summed E-state index contributed by atoms with van der Waals surface area (Å²) in [5, 5.41) is 3.96. The van der Waals surface area contributed by atoms with Crippen LogP contribution < -0.4 is 5.32 Å². The number of fused-ring (bicyclic) bond motifs is 1. The van der Waals surface area contributed by atoms with Crippen LogP contribution in [0.15, 0.2) is 34.7 Å². The van der Waals surface area contributed by atoms with Crippen molar-refractivity contribution in [2.24, 2.45) is 11.8 Å². The molecule has 0 saturated heterocycles. The second-order valence-electron chi connectivity index (χ2n) is 5.82. The quantitative estimate of drug-likeness (QED) is 0.860. The zero-order valence-corrected chi connectivity index (χ0v) is 12.7. The van der Waals surface area contributed by atoms with Gasteiger partial charge in [0, 0.05) is 17.8 Å². The van der Waals surface area contributed by atoms with Gasteiger partial charge in [-0.2, -0.15) is 0 Å². The third kappa shape index (κ3) is 3.24. The largest absolute Gasteiger partial charge is 0.451 e. The number of para-hydroxylation sites is 1. The molecule has 0 bridgehead atoms. The van der Waals surface area contributed by atoms with Crippen LogP contribution in [0.2, 0.25) is 0 Å². The van der Waals surface area contributed by atoms with E-state index < -0.39 is 0 Å². The van der Waals surface area contributed by atoms with E-state index in [1.807, 2.05) is 24.3 Å². The third-order valence-electron chi connectivity index (χ3n) is 4.44. The standard InChI is InChI=1S/C17H20ClNO2/c18-10-13-6-1-2-7-14(13)11-19-17(20)16-9-12-5-3-4-8-15(12)21-16/h3-5,8-9,13-14H,1-2,6-7,10-11H2,(H,19,20). The highest BCUT2D eigenvalue weighted by atomic mass is 35.5. The maximum Gasteiger partial charge on any atom is 0.287 e. The molecule has 4 heteroatoms. The Kier molecular flexibility index (Phi) is 4.49. The minimum absolute atomic E-state index is 0.134. The van der Waals surface area contributed by atoms with E-state index in [1.165, 1.54) is 19.3 Å². The molecule has 1 saturated carbocycles. The molecular formula is C17H20ClNO2. The molecule has 3 nitrogen and oxygen atoms in total. The molecule has 1 N–H and O–H groups in total. The molecule has 1 aromatic heterocycles. The highest BCUT2D eigenvalue weighted by molar-refractivity contribution is 6.18. The van der Waals surface area contributed by atoms with Gasteiger partial charge in [0.1, 0.15) is 5.58 Å². The lowest BCUT2D eigenvalue weighted by molar-refractivity contribution is 0.0911. The van der Waals surface area contributed by atoms with E-state index >= 15 is 0 Å². The van der Waals surface area contributed by atoms with Crippen molar-refractivity contribution in [3.05, 3.63) is 36.1 Å². The van der Waals surface area contributed by atoms with Crippen LogP contribution >= 0.6 is 11.6 Å². The lowest BCUT2D eigenvalue weighted by atomic mass is 9.80. The Hall–Kier alpha value is -1.48. The summed E-state index contributed by atoms with van der Waals surface area (Å²) in [7, 11) is 0. The van der Waals surface area contributed by atoms with E-state index in [9.17, 15) is 4.79 Å². The van der Waals surface area contributed by atoms with Crippen LogP contribution in [-0.2, 0) is 0 Å². The first-order valence-corrected chi connectivity index (χ1v) is 8.14. The zero-order chi connectivity index (χ0) is 14.7. The number of carbonyl (C=O) groups excluding carboxylic acids is 1. The number of carbonyl (C=O) groups is 1. The molecule has 2 unspecified atom stereocenters. The van der Waals surface area contributed by atoms with Gasteiger partial charge in [0.25, 0.3) is 5.91 Å². The maximum absolute atomic E-state index is 12.2. The van der Waals surface area contributed by atoms with Gasteiger partial charge in [-0.25, -0.2) is 0 Å². The maximum atomic E-state index is 12.2. The molecule has 1 aliphatic carbocycles. The summed E-state index contributed by atoms with van der Waals surface area (Å²) in [4.78, 5) is 12.2. The highest BCUT2D eigenvalue weighted by Gasteiger charge is 2.25. The number of halogens is 1. The molecule has 21 heavy (non-hydrogen) atoms. The first-order chi connectivity index (χ1) is 10.3. The number of hydrogen-bond acceptors (Lipinski definition) is 2. The van der Waals surface area contributed by atoms with Crippen molar-refractivity contribution in [2.75, 3.05) is 12.4 Å². The Balaban J connectivity index is 1.63. The third-order valence-corrected chi connectivity index (χ3v) is 4.84. The first kappa shape index (κ1) is 14.5. The number of alkyl halides is 1. The number of nitrogens with one attached hydrogen (secondary N) is 1. The van der Waals surface area contributed by atoms with Crippen molar-refractivity contribution in [1.29, 1.82) is 0 Å². The SMILES string of the molecule is O=C(NCC1CCCCC1CCl)c1cc2ccccc2o1. The number of hydrogen-bond donors (Lipinski definition) is 1. The highest BCUT2D eigenvalue weighted by Crippen LogP contribution is 2.30. The van der Waals surface area contributed by atoms with Crippen LogP contribution in [0.25, 0.3) is 11.0 Å². The average molecular weight is 306 g/mol. The van der Waals surface area contributed by atoms with Gasteiger partial charge in [-0.3, -0.25) is 4.79 Å². The molecule has 2 atom stereocenters. The van der Waals surface area contributed by atoms with Crippen LogP contribution in [0, 0.1) is 11.8 Å². The van der Waals surface area contributed by atoms with Crippen molar-refractivity contribution >= 4 is 28.5 Å². The Morgan fingerprint density at radius 2 is 2.00 bits per heavy atom. The molecule has 1 aliphatic rings. The zero-order valence-electron chi connectivity index (χ0n) is 12.0. The van der Waals surface area contributed by atoms with E-state index in [2.05, 4.69) is 5.32 Å². The predicted molar refractivity (Wildman–Crippen MR) is 84.7 cm³/mol. The fourth-order valence-electron chi connectivity index (χ4n) is 3.16. The summed E-state index contributed by atoms with van der Waals surface area (Å²) >= 11 is 6.03. The Labute approximate surface area is 129 Å². The van der Waals surface area contributed by atoms with Crippen molar-refractivity contribution < 1.29 is 9.21 Å². The predicted octanol–water partition coefficient (Wildman–Crippen LogP) is 4.21. The van der Waals surface area contributed by atoms with Crippen molar-refractivity contribution in [3.8, 4) is 0 Å². The van der Waals surface area contributed by atoms with Crippen LogP contribution in [-0.4, -0.2) is 18.3 Å². The molecule has 1 fully saturated rings. The normalized spacial score (nSPS) is 22.3. The molecule has 1 amide bonds. The van der Waals surface area contributed by atoms with Crippen LogP contribution in [0.4, 0.5) is 0 Å². The van der Waals surface area contributed by atoms with E-state index in [4.69, 9.17) is 16.0 Å². The van der Waals surface area contributed by atoms with Gasteiger partial charge in [0.15, 0.2) is 5.76 Å². The first-order valence-electron chi connectivity index (χ1n) is 7.60. The van der Waals surface area contributed by atoms with E-state index in [-0.39, 0.29) is 5.91 Å². The van der Waals surface area contributed by atoms with Crippen molar-refractivity contribution in [2.45, 2.75) is 25.7 Å². The second kappa shape index (κ2) is 6.52. The number of amides is 1. The average Bonchev–Trinajstić information content (AvgIpc) is 2.97. The summed E-state index contributed by atoms with van der Waals surface area (Å²) in [5.41, 5.74) is 0.749. The lowest BCUT2D eigenvalue weighted by Gasteiger charge is -2.30. The summed E-state index contributed by atoms with van der Waals surface area (Å²) in [6.45, 7) is 0.688. The monoisotopic (exact) mass is 305 g/mol. The summed E-state index contributed by atoms with van der Waals surface area (Å²) in [5.74, 6) is 1.95. The summed E-state index contributed by atoms with van der Waals surface area (Å²) in [6, 6.07) is 9.45. The van der Waals surface area contributed by atoms with E-state index in [0.717, 1.165) is 17.4 Å². The van der Waals surface area contributed by atoms with Crippen LogP contribution in [0.5, 0.6) is 0 Å². The van der Waals surface area contributed by atoms with Gasteiger partial charge in [-0.1, -0.05) is 31.0 Å². The van der Waals surface area contributed by atoms with Crippen molar-refractivity contribution in [1.82, 2.24) is 5.32 Å². The van der Waals surface area contributed by atoms with Gasteiger partial charge in [-0.15, -0.1) is 11.6 Å². The minimum atomic E-state index is -0.134. The molecule has 112 valence electrons. The second-order valence-corrected chi connectivity index (χ2v) is 6.13. The number of furan rings is 1. The van der Waals surface area contributed by atoms with Gasteiger partial charge in [0.2, 0.25) is 0 Å². The van der Waals surface area contributed by atoms with Crippen LogP contribution in [0.3, 0.4) is 0 Å². The molecular weight excluding hydrogens is 286 g/mol. The Morgan fingerprint density at radius 1 is 1.24 bits per heavy atom. The van der Waals surface area contributed by atoms with E-state index in [1.54, 1.807) is 6.07 Å². The van der Waals surface area contributed by atoms with Gasteiger partial charge in [-0.05, 0) is 36.8 Å². The molecule has 3 rings (SSSR count). The molecule has 2 aromatic rings. The molecule has 0 spiro atoms. The topological polar surface area (TPSA) is 42.2 Å². The van der Waals surface area contributed by atoms with Gasteiger partial charge < -0.3 is 9.73 Å². The number of rotatable bonds is 4. The van der Waals surface area contributed by atoms with Crippen molar-refractivity contribution in [3.63, 3.8) is 0 Å². The van der Waals surface area contributed by atoms with Gasteiger partial charge in [0.05, 0.1) is 0 Å². The molecule has 1 heterocycles. The number of benzene rings is 1. The minimum Gasteiger partial charge on any atom is -0.451 e. The fourth-order valence-corrected chi connectivity index (χ4v) is 3.57. The molecule has 0 radical (unpaired) electrons. The molecule has 1 aromatic carbocycles. The van der Waals surface area contributed by atoms with Gasteiger partial charge >= 0.3 is 0 Å². The Morgan fingerprint density at radius 3 is 2.76 bits per heavy atom. The smallest absolute Gasteiger partial charge is 0.287 e. The summed E-state index contributed by atoms with van der Waals surface area (Å²) in [6.07, 6.45) is 4.82. The molecule has 0 aliphatic heterocycles.